The molecule has 0 bridgehead atoms. The molecule has 1 N–H and O–H groups in total. The van der Waals surface area contributed by atoms with Gasteiger partial charge in [-0.25, -0.2) is 4.98 Å². The van der Waals surface area contributed by atoms with Gasteiger partial charge >= 0.3 is 0 Å². The van der Waals surface area contributed by atoms with Crippen molar-refractivity contribution in [1.82, 2.24) is 14.9 Å². The number of nitrogens with zero attached hydrogens (tertiary/aromatic N) is 2. The van der Waals surface area contributed by atoms with Gasteiger partial charge < -0.3 is 19.4 Å². The van der Waals surface area contributed by atoms with Gasteiger partial charge in [0.1, 0.15) is 5.82 Å². The van der Waals surface area contributed by atoms with E-state index in [-0.39, 0.29) is 5.91 Å². The number of aromatic nitrogens is 2. The predicted molar refractivity (Wildman–Crippen MR) is 152 cm³/mol. The lowest BCUT2D eigenvalue weighted by Crippen LogP contribution is -2.26. The monoisotopic (exact) mass is 561 g/mol. The minimum absolute atomic E-state index is 0.0888. The molecule has 0 aliphatic heterocycles. The first-order valence-electron chi connectivity index (χ1n) is 12.5. The molecule has 0 atom stereocenters. The van der Waals surface area contributed by atoms with Crippen LogP contribution in [0.5, 0.6) is 11.5 Å². The van der Waals surface area contributed by atoms with E-state index in [2.05, 4.69) is 38.5 Å². The van der Waals surface area contributed by atoms with Crippen LogP contribution in [-0.4, -0.2) is 35.7 Å². The number of aryl methyl sites for hydroxylation is 1. The number of carbonyl (C=O) groups is 1. The summed E-state index contributed by atoms with van der Waals surface area (Å²) in [6, 6.07) is 21.5. The Morgan fingerprint density at radius 1 is 1.08 bits per heavy atom. The van der Waals surface area contributed by atoms with Crippen molar-refractivity contribution < 1.29 is 14.3 Å². The summed E-state index contributed by atoms with van der Waals surface area (Å²) in [6.07, 6.45) is 5.15. The molecule has 0 aliphatic rings. The maximum absolute atomic E-state index is 12.5. The third-order valence-corrected chi connectivity index (χ3v) is 6.59. The number of unbranched alkanes of at least 4 members (excludes halogenated alkanes) is 1. The van der Waals surface area contributed by atoms with Crippen molar-refractivity contribution in [2.24, 2.45) is 0 Å². The van der Waals surface area contributed by atoms with E-state index in [4.69, 9.17) is 14.5 Å². The molecule has 1 heterocycles. The average Bonchev–Trinajstić information content (AvgIpc) is 3.26. The van der Waals surface area contributed by atoms with Crippen molar-refractivity contribution in [1.29, 1.82) is 0 Å². The SMILES string of the molecule is C=CCc1ccc(OCCCCn2c(CCNC(=O)c3cccc(Br)c3)nc3ccccc32)c(OC)c1. The van der Waals surface area contributed by atoms with Crippen LogP contribution in [0.2, 0.25) is 0 Å². The molecule has 0 saturated carbocycles. The van der Waals surface area contributed by atoms with Crippen molar-refractivity contribution in [2.75, 3.05) is 20.3 Å². The minimum Gasteiger partial charge on any atom is -0.493 e. The van der Waals surface area contributed by atoms with E-state index in [1.54, 1.807) is 7.11 Å². The number of hydrogen-bond acceptors (Lipinski definition) is 4. The summed E-state index contributed by atoms with van der Waals surface area (Å²) in [5, 5.41) is 3.01. The van der Waals surface area contributed by atoms with Crippen LogP contribution in [0.1, 0.15) is 34.6 Å². The number of fused-ring (bicyclic) bond motifs is 1. The number of hydrogen-bond donors (Lipinski definition) is 1. The number of ether oxygens (including phenoxy) is 2. The number of nitrogens with one attached hydrogen (secondary N) is 1. The Morgan fingerprint density at radius 2 is 1.95 bits per heavy atom. The van der Waals surface area contributed by atoms with Gasteiger partial charge in [0.25, 0.3) is 5.91 Å². The molecule has 0 radical (unpaired) electrons. The molecule has 0 fully saturated rings. The van der Waals surface area contributed by atoms with Gasteiger partial charge in [0.15, 0.2) is 11.5 Å². The Morgan fingerprint density at radius 3 is 2.76 bits per heavy atom. The molecular formula is C30H32BrN3O3. The van der Waals surface area contributed by atoms with E-state index in [0.29, 0.717) is 25.1 Å². The smallest absolute Gasteiger partial charge is 0.251 e. The molecule has 3 aromatic carbocycles. The summed E-state index contributed by atoms with van der Waals surface area (Å²) in [7, 11) is 1.66. The van der Waals surface area contributed by atoms with E-state index >= 15 is 0 Å². The van der Waals surface area contributed by atoms with Gasteiger partial charge in [-0.1, -0.05) is 46.3 Å². The number of allylic oxidation sites excluding steroid dienone is 1. The van der Waals surface area contributed by atoms with Crippen molar-refractivity contribution in [2.45, 2.75) is 32.2 Å². The number of benzene rings is 3. The summed E-state index contributed by atoms with van der Waals surface area (Å²) in [4.78, 5) is 17.4. The number of amides is 1. The molecule has 192 valence electrons. The largest absolute Gasteiger partial charge is 0.493 e. The minimum atomic E-state index is -0.0888. The van der Waals surface area contributed by atoms with Crippen LogP contribution in [-0.2, 0) is 19.4 Å². The Bertz CT molecular complexity index is 1370. The molecular weight excluding hydrogens is 530 g/mol. The number of carbonyl (C=O) groups excluding carboxylic acids is 1. The lowest BCUT2D eigenvalue weighted by molar-refractivity contribution is 0.0954. The Kier molecular flexibility index (Phi) is 9.38. The molecule has 7 heteroatoms. The van der Waals surface area contributed by atoms with Gasteiger partial charge in [0, 0.05) is 29.5 Å². The highest BCUT2D eigenvalue weighted by molar-refractivity contribution is 9.10. The highest BCUT2D eigenvalue weighted by Crippen LogP contribution is 2.28. The van der Waals surface area contributed by atoms with E-state index in [1.807, 2.05) is 66.7 Å². The lowest BCUT2D eigenvalue weighted by atomic mass is 10.1. The molecule has 0 aliphatic carbocycles. The van der Waals surface area contributed by atoms with Crippen LogP contribution < -0.4 is 14.8 Å². The Balaban J connectivity index is 1.33. The molecule has 0 unspecified atom stereocenters. The zero-order chi connectivity index (χ0) is 26.0. The third-order valence-electron chi connectivity index (χ3n) is 6.10. The highest BCUT2D eigenvalue weighted by Gasteiger charge is 2.12. The van der Waals surface area contributed by atoms with Crippen LogP contribution in [0, 0.1) is 0 Å². The van der Waals surface area contributed by atoms with Gasteiger partial charge in [0.05, 0.1) is 24.8 Å². The summed E-state index contributed by atoms with van der Waals surface area (Å²) < 4.78 is 14.6. The van der Waals surface area contributed by atoms with Gasteiger partial charge in [-0.05, 0) is 67.3 Å². The second kappa shape index (κ2) is 13.1. The summed E-state index contributed by atoms with van der Waals surface area (Å²) in [6.45, 7) is 5.73. The zero-order valence-electron chi connectivity index (χ0n) is 21.1. The highest BCUT2D eigenvalue weighted by atomic mass is 79.9. The van der Waals surface area contributed by atoms with Gasteiger partial charge in [-0.15, -0.1) is 6.58 Å². The third kappa shape index (κ3) is 7.01. The van der Waals surface area contributed by atoms with E-state index in [0.717, 1.165) is 64.2 Å². The molecule has 4 rings (SSSR count). The summed E-state index contributed by atoms with van der Waals surface area (Å²) >= 11 is 3.42. The predicted octanol–water partition coefficient (Wildman–Crippen LogP) is 6.37. The lowest BCUT2D eigenvalue weighted by Gasteiger charge is -2.13. The zero-order valence-corrected chi connectivity index (χ0v) is 22.7. The topological polar surface area (TPSA) is 65.4 Å². The second-order valence-corrected chi connectivity index (χ2v) is 9.63. The van der Waals surface area contributed by atoms with Gasteiger partial charge in [-0.3, -0.25) is 4.79 Å². The number of methoxy groups -OCH3 is 1. The maximum atomic E-state index is 12.5. The Hall–Kier alpha value is -3.58. The number of imidazole rings is 1. The molecule has 1 aromatic heterocycles. The van der Waals surface area contributed by atoms with Crippen molar-refractivity contribution >= 4 is 32.9 Å². The van der Waals surface area contributed by atoms with Crippen LogP contribution in [0.15, 0.2) is 83.9 Å². The standard InChI is InChI=1S/C30H32BrN3O3/c1-3-9-22-14-15-27(28(20-22)36-2)37-19-7-6-18-34-26-13-5-4-12-25(26)33-29(34)16-17-32-30(35)23-10-8-11-24(31)21-23/h3-5,8,10-15,20-21H,1,6-7,9,16-19H2,2H3,(H,32,35). The quantitative estimate of drug-likeness (QED) is 0.152. The van der Waals surface area contributed by atoms with Crippen molar-refractivity contribution in [3.63, 3.8) is 0 Å². The normalized spacial score (nSPS) is 10.9. The number of rotatable bonds is 13. The van der Waals surface area contributed by atoms with E-state index in [1.165, 1.54) is 0 Å². The first kappa shape index (κ1) is 26.5. The van der Waals surface area contributed by atoms with E-state index in [9.17, 15) is 4.79 Å². The average molecular weight is 563 g/mol. The fraction of sp³-hybridized carbons (Fsp3) is 0.267. The fourth-order valence-electron chi connectivity index (χ4n) is 4.26. The Labute approximate surface area is 226 Å². The maximum Gasteiger partial charge on any atom is 0.251 e. The van der Waals surface area contributed by atoms with Crippen molar-refractivity contribution in [3.05, 3.63) is 101 Å². The van der Waals surface area contributed by atoms with Gasteiger partial charge in [-0.2, -0.15) is 0 Å². The van der Waals surface area contributed by atoms with Crippen LogP contribution in [0.25, 0.3) is 11.0 Å². The molecule has 37 heavy (non-hydrogen) atoms. The van der Waals surface area contributed by atoms with Gasteiger partial charge in [0.2, 0.25) is 0 Å². The summed E-state index contributed by atoms with van der Waals surface area (Å²) in [5.41, 5.74) is 3.86. The molecule has 1 amide bonds. The second-order valence-electron chi connectivity index (χ2n) is 8.72. The molecule has 4 aromatic rings. The first-order valence-corrected chi connectivity index (χ1v) is 13.3. The molecule has 0 saturated heterocycles. The van der Waals surface area contributed by atoms with E-state index < -0.39 is 0 Å². The van der Waals surface area contributed by atoms with Crippen LogP contribution in [0.3, 0.4) is 0 Å². The van der Waals surface area contributed by atoms with Crippen molar-refractivity contribution in [3.8, 4) is 11.5 Å². The first-order chi connectivity index (χ1) is 18.1. The molecule has 6 nitrogen and oxygen atoms in total. The fourth-order valence-corrected chi connectivity index (χ4v) is 4.66. The van der Waals surface area contributed by atoms with Crippen LogP contribution in [0.4, 0.5) is 0 Å². The number of halogens is 1. The summed E-state index contributed by atoms with van der Waals surface area (Å²) in [5.74, 6) is 2.38. The van der Waals surface area contributed by atoms with Crippen LogP contribution >= 0.6 is 15.9 Å². The molecule has 0 spiro atoms. The number of para-hydroxylation sites is 2.